The molecule has 1 fully saturated rings. The van der Waals surface area contributed by atoms with Crippen molar-refractivity contribution in [1.82, 2.24) is 15.1 Å². The molecule has 1 aliphatic rings. The first kappa shape index (κ1) is 14.5. The fraction of sp³-hybridized carbons (Fsp3) is 0.750. The summed E-state index contributed by atoms with van der Waals surface area (Å²) in [6.45, 7) is 4.78. The highest BCUT2D eigenvalue weighted by Gasteiger charge is 2.22. The Morgan fingerprint density at radius 1 is 1.58 bits per heavy atom. The summed E-state index contributed by atoms with van der Waals surface area (Å²) in [6, 6.07) is 2.10. The molecule has 1 atom stereocenters. The third-order valence-electron chi connectivity index (χ3n) is 3.55. The van der Waals surface area contributed by atoms with Crippen molar-refractivity contribution in [3.63, 3.8) is 0 Å². The molecule has 1 aliphatic heterocycles. The second-order valence-electron chi connectivity index (χ2n) is 5.34. The van der Waals surface area contributed by atoms with Gasteiger partial charge in [0.15, 0.2) is 0 Å². The second kappa shape index (κ2) is 6.02. The molecular weight excluding hydrogens is 264 g/mol. The van der Waals surface area contributed by atoms with E-state index in [1.165, 1.54) is 0 Å². The maximum atomic E-state index is 10.9. The maximum absolute atomic E-state index is 10.9. The van der Waals surface area contributed by atoms with E-state index in [2.05, 4.69) is 21.2 Å². The Morgan fingerprint density at radius 2 is 2.37 bits per heavy atom. The zero-order valence-electron chi connectivity index (χ0n) is 11.3. The van der Waals surface area contributed by atoms with Crippen molar-refractivity contribution in [2.75, 3.05) is 25.4 Å². The van der Waals surface area contributed by atoms with Crippen molar-refractivity contribution in [3.05, 3.63) is 17.5 Å². The molecule has 0 bridgehead atoms. The smallest absolute Gasteiger partial charge is 0.209 e. The van der Waals surface area contributed by atoms with Gasteiger partial charge in [0.1, 0.15) is 0 Å². The van der Waals surface area contributed by atoms with E-state index in [0.717, 1.165) is 43.9 Å². The predicted molar refractivity (Wildman–Crippen MR) is 74.3 cm³/mol. The number of nitrogens with zero attached hydrogens (tertiary/aromatic N) is 2. The molecule has 3 N–H and O–H groups in total. The monoisotopic (exact) mass is 286 g/mol. The normalized spacial score (nSPS) is 21.7. The molecule has 0 saturated carbocycles. The van der Waals surface area contributed by atoms with E-state index in [0.29, 0.717) is 12.3 Å². The summed E-state index contributed by atoms with van der Waals surface area (Å²) in [5, 5.41) is 12.3. The van der Waals surface area contributed by atoms with Gasteiger partial charge in [-0.15, -0.1) is 0 Å². The molecule has 2 heterocycles. The molecule has 1 saturated heterocycles. The van der Waals surface area contributed by atoms with Crippen LogP contribution in [0, 0.1) is 6.92 Å². The van der Waals surface area contributed by atoms with E-state index < -0.39 is 10.0 Å². The van der Waals surface area contributed by atoms with Gasteiger partial charge in [-0.05, 0) is 45.3 Å². The average Bonchev–Trinajstić information content (AvgIpc) is 2.75. The van der Waals surface area contributed by atoms with Crippen LogP contribution >= 0.6 is 0 Å². The van der Waals surface area contributed by atoms with E-state index in [1.54, 1.807) is 0 Å². The summed E-state index contributed by atoms with van der Waals surface area (Å²) < 4.78 is 21.8. The van der Waals surface area contributed by atoms with E-state index in [-0.39, 0.29) is 5.75 Å². The van der Waals surface area contributed by atoms with Crippen LogP contribution in [0.4, 0.5) is 0 Å². The number of likely N-dealkylation sites (tertiary alicyclic amines) is 1. The second-order valence-corrected chi connectivity index (χ2v) is 7.07. The minimum Gasteiger partial charge on any atom is -0.303 e. The molecule has 6 nitrogen and oxygen atoms in total. The number of hydrogen-bond acceptors (Lipinski definition) is 4. The molecule has 7 heteroatoms. The number of aromatic nitrogens is 2. The van der Waals surface area contributed by atoms with Crippen molar-refractivity contribution in [1.29, 1.82) is 0 Å². The summed E-state index contributed by atoms with van der Waals surface area (Å²) >= 11 is 0. The molecule has 108 valence electrons. The van der Waals surface area contributed by atoms with Gasteiger partial charge in [0.2, 0.25) is 10.0 Å². The molecule has 0 amide bonds. The van der Waals surface area contributed by atoms with Gasteiger partial charge < -0.3 is 4.90 Å². The fourth-order valence-corrected chi connectivity index (χ4v) is 3.17. The zero-order chi connectivity index (χ0) is 13.9. The Bertz CT molecular complexity index is 512. The highest BCUT2D eigenvalue weighted by Crippen LogP contribution is 2.25. The van der Waals surface area contributed by atoms with Gasteiger partial charge in [0.05, 0.1) is 11.4 Å². The third kappa shape index (κ3) is 4.59. The zero-order valence-corrected chi connectivity index (χ0v) is 12.1. The van der Waals surface area contributed by atoms with Gasteiger partial charge in [-0.2, -0.15) is 5.10 Å². The molecule has 0 unspecified atom stereocenters. The van der Waals surface area contributed by atoms with Gasteiger partial charge in [0, 0.05) is 18.2 Å². The van der Waals surface area contributed by atoms with Crippen molar-refractivity contribution in [2.24, 2.45) is 5.14 Å². The van der Waals surface area contributed by atoms with Crippen molar-refractivity contribution in [2.45, 2.75) is 32.1 Å². The van der Waals surface area contributed by atoms with Crippen LogP contribution in [0.15, 0.2) is 6.07 Å². The van der Waals surface area contributed by atoms with Crippen LogP contribution in [0.25, 0.3) is 0 Å². The Balaban J connectivity index is 1.84. The van der Waals surface area contributed by atoms with Crippen LogP contribution in [0.1, 0.15) is 36.6 Å². The Kier molecular flexibility index (Phi) is 4.59. The van der Waals surface area contributed by atoms with Crippen LogP contribution in [0.2, 0.25) is 0 Å². The van der Waals surface area contributed by atoms with Crippen LogP contribution in [0.3, 0.4) is 0 Å². The quantitative estimate of drug-likeness (QED) is 0.828. The average molecular weight is 286 g/mol. The van der Waals surface area contributed by atoms with Crippen LogP contribution in [0.5, 0.6) is 0 Å². The van der Waals surface area contributed by atoms with E-state index in [4.69, 9.17) is 5.14 Å². The summed E-state index contributed by atoms with van der Waals surface area (Å²) in [6.07, 6.45) is 2.88. The Morgan fingerprint density at radius 3 is 3.00 bits per heavy atom. The number of nitrogens with two attached hydrogens (primary N) is 1. The number of aromatic amines is 1. The lowest BCUT2D eigenvalue weighted by molar-refractivity contribution is 0.207. The molecular formula is C12H22N4O2S. The first-order chi connectivity index (χ1) is 8.94. The first-order valence-corrected chi connectivity index (χ1v) is 8.40. The van der Waals surface area contributed by atoms with Gasteiger partial charge in [0.25, 0.3) is 0 Å². The molecule has 1 aromatic heterocycles. The van der Waals surface area contributed by atoms with Gasteiger partial charge in [-0.1, -0.05) is 0 Å². The molecule has 0 radical (unpaired) electrons. The van der Waals surface area contributed by atoms with Crippen molar-refractivity contribution >= 4 is 10.0 Å². The summed E-state index contributed by atoms with van der Waals surface area (Å²) in [5.74, 6) is 0.517. The van der Waals surface area contributed by atoms with Crippen LogP contribution in [-0.4, -0.2) is 48.9 Å². The minimum atomic E-state index is -3.33. The topological polar surface area (TPSA) is 92.1 Å². The summed E-state index contributed by atoms with van der Waals surface area (Å²) in [5.41, 5.74) is 2.20. The van der Waals surface area contributed by atoms with E-state index in [1.807, 2.05) is 6.92 Å². The van der Waals surface area contributed by atoms with Gasteiger partial charge in [-0.25, -0.2) is 13.6 Å². The Hall–Kier alpha value is -0.920. The lowest BCUT2D eigenvalue weighted by atomic mass is 9.94. The standard InChI is InChI=1S/C12H22N4O2S/c1-10-8-12(15-14-10)11-4-2-5-16(9-11)6-3-7-19(13,17)18/h8,11H,2-7,9H2,1H3,(H,14,15)(H2,13,17,18)/t11-/m0/s1. The number of hydrogen-bond donors (Lipinski definition) is 2. The highest BCUT2D eigenvalue weighted by molar-refractivity contribution is 7.89. The van der Waals surface area contributed by atoms with E-state index >= 15 is 0 Å². The lowest BCUT2D eigenvalue weighted by Crippen LogP contribution is -2.36. The van der Waals surface area contributed by atoms with Gasteiger partial charge in [-0.3, -0.25) is 5.10 Å². The van der Waals surface area contributed by atoms with Crippen molar-refractivity contribution in [3.8, 4) is 0 Å². The third-order valence-corrected chi connectivity index (χ3v) is 4.41. The predicted octanol–water partition coefficient (Wildman–Crippen LogP) is 0.576. The molecule has 0 spiro atoms. The van der Waals surface area contributed by atoms with Crippen molar-refractivity contribution < 1.29 is 8.42 Å². The van der Waals surface area contributed by atoms with Gasteiger partial charge >= 0.3 is 0 Å². The molecule has 1 aromatic rings. The maximum Gasteiger partial charge on any atom is 0.209 e. The number of sulfonamides is 1. The first-order valence-electron chi connectivity index (χ1n) is 6.69. The molecule has 0 aliphatic carbocycles. The number of primary sulfonamides is 1. The molecule has 2 rings (SSSR count). The fourth-order valence-electron chi connectivity index (χ4n) is 2.64. The number of aryl methyl sites for hydroxylation is 1. The van der Waals surface area contributed by atoms with E-state index in [9.17, 15) is 8.42 Å². The lowest BCUT2D eigenvalue weighted by Gasteiger charge is -2.31. The number of nitrogens with one attached hydrogen (secondary N) is 1. The number of rotatable bonds is 5. The summed E-state index contributed by atoms with van der Waals surface area (Å²) in [4.78, 5) is 2.31. The minimum absolute atomic E-state index is 0.0652. The Labute approximate surface area is 114 Å². The SMILES string of the molecule is Cc1cc([C@H]2CCCN(CCCS(N)(=O)=O)C2)n[nH]1. The summed E-state index contributed by atoms with van der Waals surface area (Å²) in [7, 11) is -3.33. The number of piperidine rings is 1. The molecule has 0 aromatic carbocycles. The highest BCUT2D eigenvalue weighted by atomic mass is 32.2. The molecule has 19 heavy (non-hydrogen) atoms. The largest absolute Gasteiger partial charge is 0.303 e. The van der Waals surface area contributed by atoms with Crippen LogP contribution < -0.4 is 5.14 Å². The van der Waals surface area contributed by atoms with Crippen LogP contribution in [-0.2, 0) is 10.0 Å². The number of H-pyrrole nitrogens is 1.